The number of rotatable bonds is 3. The Morgan fingerprint density at radius 1 is 0.889 bits per heavy atom. The predicted octanol–water partition coefficient (Wildman–Crippen LogP) is 4.36. The normalized spacial score (nSPS) is 43.5. The Morgan fingerprint density at radius 3 is 1.61 bits per heavy atom. The van der Waals surface area contributed by atoms with Crippen LogP contribution < -0.4 is 5.73 Å². The van der Waals surface area contributed by atoms with Crippen molar-refractivity contribution in [2.45, 2.75) is 78.2 Å². The molecule has 4 bridgehead atoms. The van der Waals surface area contributed by atoms with E-state index < -0.39 is 0 Å². The van der Waals surface area contributed by atoms with Crippen molar-refractivity contribution in [3.05, 3.63) is 0 Å². The highest BCUT2D eigenvalue weighted by Crippen LogP contribution is 2.67. The lowest BCUT2D eigenvalue weighted by Gasteiger charge is -2.63. The Morgan fingerprint density at radius 2 is 1.28 bits per heavy atom. The zero-order valence-electron chi connectivity index (χ0n) is 12.8. The molecular formula is C17H31N. The molecule has 0 aromatic carbocycles. The Labute approximate surface area is 113 Å². The molecule has 4 aliphatic carbocycles. The largest absolute Gasteiger partial charge is 0.326 e. The maximum atomic E-state index is 6.34. The molecule has 0 amide bonds. The highest BCUT2D eigenvalue weighted by molar-refractivity contribution is 5.08. The van der Waals surface area contributed by atoms with Gasteiger partial charge < -0.3 is 5.73 Å². The molecule has 1 heteroatoms. The van der Waals surface area contributed by atoms with Gasteiger partial charge in [-0.3, -0.25) is 0 Å². The van der Waals surface area contributed by atoms with E-state index in [2.05, 4.69) is 27.7 Å². The van der Waals surface area contributed by atoms with E-state index in [1.54, 1.807) is 19.3 Å². The summed E-state index contributed by atoms with van der Waals surface area (Å²) in [4.78, 5) is 0. The molecule has 4 fully saturated rings. The van der Waals surface area contributed by atoms with Crippen LogP contribution in [0.2, 0.25) is 0 Å². The minimum Gasteiger partial charge on any atom is -0.326 e. The first-order valence-corrected chi connectivity index (χ1v) is 7.98. The topological polar surface area (TPSA) is 26.0 Å². The minimum absolute atomic E-state index is 0.0210. The average molecular weight is 249 g/mol. The second kappa shape index (κ2) is 3.75. The summed E-state index contributed by atoms with van der Waals surface area (Å²) in [6.07, 6.45) is 10.3. The van der Waals surface area contributed by atoms with E-state index in [0.717, 1.165) is 17.8 Å². The second-order valence-electron chi connectivity index (χ2n) is 9.25. The quantitative estimate of drug-likeness (QED) is 0.790. The lowest BCUT2D eigenvalue weighted by Crippen LogP contribution is -2.55. The standard InChI is InChI=1S/C17H31N/c1-15(2,11-16(3,4)18)17-8-12-5-13(9-17)7-14(6-12)10-17/h12-14H,5-11,18H2,1-4H3. The van der Waals surface area contributed by atoms with Gasteiger partial charge in [-0.2, -0.15) is 0 Å². The van der Waals surface area contributed by atoms with Crippen LogP contribution in [0, 0.1) is 28.6 Å². The first kappa shape index (κ1) is 13.0. The third-order valence-corrected chi connectivity index (χ3v) is 6.37. The molecule has 0 aliphatic heterocycles. The molecule has 104 valence electrons. The molecule has 1 nitrogen and oxygen atoms in total. The van der Waals surface area contributed by atoms with Crippen LogP contribution >= 0.6 is 0 Å². The molecular weight excluding hydrogens is 218 g/mol. The molecule has 0 atom stereocenters. The predicted molar refractivity (Wildman–Crippen MR) is 77.3 cm³/mol. The number of hydrogen-bond acceptors (Lipinski definition) is 1. The van der Waals surface area contributed by atoms with Gasteiger partial charge in [0.2, 0.25) is 0 Å². The van der Waals surface area contributed by atoms with Crippen LogP contribution in [-0.2, 0) is 0 Å². The van der Waals surface area contributed by atoms with E-state index in [9.17, 15) is 0 Å². The maximum Gasteiger partial charge on any atom is 0.0102 e. The zero-order chi connectivity index (χ0) is 13.2. The molecule has 0 unspecified atom stereocenters. The van der Waals surface area contributed by atoms with E-state index in [-0.39, 0.29) is 5.54 Å². The van der Waals surface area contributed by atoms with Crippen molar-refractivity contribution in [2.75, 3.05) is 0 Å². The van der Waals surface area contributed by atoms with Gasteiger partial charge in [-0.05, 0) is 87.4 Å². The van der Waals surface area contributed by atoms with Crippen LogP contribution in [-0.4, -0.2) is 5.54 Å². The molecule has 0 spiro atoms. The fourth-order valence-electron chi connectivity index (χ4n) is 6.27. The highest BCUT2D eigenvalue weighted by Gasteiger charge is 2.57. The van der Waals surface area contributed by atoms with Gasteiger partial charge in [0.25, 0.3) is 0 Å². The SMILES string of the molecule is CC(C)(N)CC(C)(C)C12CC3CC(CC(C3)C1)C2. The van der Waals surface area contributed by atoms with Crippen molar-refractivity contribution in [3.8, 4) is 0 Å². The van der Waals surface area contributed by atoms with Gasteiger partial charge in [0.05, 0.1) is 0 Å². The third kappa shape index (κ3) is 2.03. The summed E-state index contributed by atoms with van der Waals surface area (Å²) in [5.74, 6) is 3.16. The Bertz CT molecular complexity index is 299. The van der Waals surface area contributed by atoms with Crippen molar-refractivity contribution in [2.24, 2.45) is 34.3 Å². The molecule has 0 saturated heterocycles. The van der Waals surface area contributed by atoms with E-state index in [4.69, 9.17) is 5.73 Å². The first-order valence-electron chi connectivity index (χ1n) is 7.98. The lowest BCUT2D eigenvalue weighted by molar-refractivity contribution is -0.126. The molecule has 0 aromatic heterocycles. The van der Waals surface area contributed by atoms with E-state index in [1.807, 2.05) is 0 Å². The molecule has 2 N–H and O–H groups in total. The van der Waals surface area contributed by atoms with E-state index >= 15 is 0 Å². The van der Waals surface area contributed by atoms with Crippen LogP contribution in [0.4, 0.5) is 0 Å². The van der Waals surface area contributed by atoms with Crippen LogP contribution in [0.1, 0.15) is 72.6 Å². The van der Waals surface area contributed by atoms with E-state index in [0.29, 0.717) is 10.8 Å². The lowest BCUT2D eigenvalue weighted by atomic mass is 9.42. The summed E-state index contributed by atoms with van der Waals surface area (Å²) < 4.78 is 0. The summed E-state index contributed by atoms with van der Waals surface area (Å²) in [5, 5.41) is 0. The fourth-order valence-corrected chi connectivity index (χ4v) is 6.27. The summed E-state index contributed by atoms with van der Waals surface area (Å²) in [5.41, 5.74) is 7.36. The van der Waals surface area contributed by atoms with Gasteiger partial charge in [0, 0.05) is 5.54 Å². The van der Waals surface area contributed by atoms with Gasteiger partial charge in [-0.25, -0.2) is 0 Å². The maximum absolute atomic E-state index is 6.34. The summed E-state index contributed by atoms with van der Waals surface area (Å²) in [6, 6.07) is 0. The third-order valence-electron chi connectivity index (χ3n) is 6.37. The number of nitrogens with two attached hydrogens (primary N) is 1. The fraction of sp³-hybridized carbons (Fsp3) is 1.00. The molecule has 4 rings (SSSR count). The van der Waals surface area contributed by atoms with Crippen LogP contribution in [0.5, 0.6) is 0 Å². The van der Waals surface area contributed by atoms with Crippen molar-refractivity contribution in [1.29, 1.82) is 0 Å². The Kier molecular flexibility index (Phi) is 2.70. The smallest absolute Gasteiger partial charge is 0.0102 e. The Balaban J connectivity index is 1.86. The van der Waals surface area contributed by atoms with E-state index in [1.165, 1.54) is 25.7 Å². The van der Waals surface area contributed by atoms with Crippen molar-refractivity contribution < 1.29 is 0 Å². The van der Waals surface area contributed by atoms with Gasteiger partial charge in [-0.15, -0.1) is 0 Å². The summed E-state index contributed by atoms with van der Waals surface area (Å²) >= 11 is 0. The summed E-state index contributed by atoms with van der Waals surface area (Å²) in [6.45, 7) is 9.42. The van der Waals surface area contributed by atoms with Crippen LogP contribution in [0.3, 0.4) is 0 Å². The number of hydrogen-bond donors (Lipinski definition) is 1. The molecule has 0 heterocycles. The van der Waals surface area contributed by atoms with Crippen LogP contribution in [0.15, 0.2) is 0 Å². The highest BCUT2D eigenvalue weighted by atomic mass is 14.7. The molecule has 0 radical (unpaired) electrons. The molecule has 0 aromatic rings. The van der Waals surface area contributed by atoms with Crippen molar-refractivity contribution >= 4 is 0 Å². The molecule has 4 saturated carbocycles. The average Bonchev–Trinajstić information content (AvgIpc) is 2.10. The van der Waals surface area contributed by atoms with Gasteiger partial charge >= 0.3 is 0 Å². The van der Waals surface area contributed by atoms with Gasteiger partial charge in [0.15, 0.2) is 0 Å². The van der Waals surface area contributed by atoms with Gasteiger partial charge in [0.1, 0.15) is 0 Å². The zero-order valence-corrected chi connectivity index (χ0v) is 12.8. The molecule has 18 heavy (non-hydrogen) atoms. The minimum atomic E-state index is -0.0210. The van der Waals surface area contributed by atoms with Crippen LogP contribution in [0.25, 0.3) is 0 Å². The summed E-state index contributed by atoms with van der Waals surface area (Å²) in [7, 11) is 0. The van der Waals surface area contributed by atoms with Gasteiger partial charge in [-0.1, -0.05) is 13.8 Å². The first-order chi connectivity index (χ1) is 8.19. The Hall–Kier alpha value is -0.0400. The second-order valence-corrected chi connectivity index (χ2v) is 9.25. The molecule has 4 aliphatic rings. The van der Waals surface area contributed by atoms with Crippen molar-refractivity contribution in [1.82, 2.24) is 0 Å². The van der Waals surface area contributed by atoms with Crippen molar-refractivity contribution in [3.63, 3.8) is 0 Å². The monoisotopic (exact) mass is 249 g/mol.